The average Bonchev–Trinajstić information content (AvgIpc) is 3.24. The summed E-state index contributed by atoms with van der Waals surface area (Å²) in [7, 11) is -3.27. The molecule has 0 unspecified atom stereocenters. The van der Waals surface area contributed by atoms with Crippen molar-refractivity contribution >= 4 is 10.0 Å². The minimum absolute atomic E-state index is 0.241. The molecule has 150 valence electrons. The van der Waals surface area contributed by atoms with E-state index in [9.17, 15) is 12.8 Å². The second-order valence-corrected chi connectivity index (χ2v) is 9.68. The number of halogens is 1. The molecule has 0 radical (unpaired) electrons. The second kappa shape index (κ2) is 8.24. The molecule has 4 rings (SSSR count). The molecule has 0 spiro atoms. The first-order valence-corrected chi connectivity index (χ1v) is 11.2. The highest BCUT2D eigenvalue weighted by Gasteiger charge is 2.36. The Balaban J connectivity index is 1.41. The third kappa shape index (κ3) is 4.25. The van der Waals surface area contributed by atoms with E-state index in [1.165, 1.54) is 12.1 Å². The topological polar surface area (TPSA) is 74.3 Å². The van der Waals surface area contributed by atoms with E-state index in [4.69, 9.17) is 4.98 Å². The summed E-state index contributed by atoms with van der Waals surface area (Å²) in [5, 5.41) is -0.392. The lowest BCUT2D eigenvalue weighted by Crippen LogP contribution is -2.44. The van der Waals surface area contributed by atoms with Crippen LogP contribution >= 0.6 is 0 Å². The lowest BCUT2D eigenvalue weighted by atomic mass is 9.94. The summed E-state index contributed by atoms with van der Waals surface area (Å²) in [5.41, 5.74) is 8.58. The van der Waals surface area contributed by atoms with E-state index in [-0.39, 0.29) is 11.7 Å². The molecule has 3 heterocycles. The van der Waals surface area contributed by atoms with Crippen molar-refractivity contribution in [2.24, 2.45) is 0 Å². The smallest absolute Gasteiger partial charge is 0.219 e. The lowest BCUT2D eigenvalue weighted by molar-refractivity contribution is 0.314. The fourth-order valence-corrected chi connectivity index (χ4v) is 5.68. The van der Waals surface area contributed by atoms with Gasteiger partial charge in [0, 0.05) is 49.9 Å². The number of hydrogen-bond donors (Lipinski definition) is 2. The van der Waals surface area contributed by atoms with Gasteiger partial charge in [0.2, 0.25) is 10.0 Å². The van der Waals surface area contributed by atoms with Gasteiger partial charge in [-0.1, -0.05) is 18.2 Å². The van der Waals surface area contributed by atoms with Crippen LogP contribution in [0.2, 0.25) is 0 Å². The maximum Gasteiger partial charge on any atom is 0.219 e. The van der Waals surface area contributed by atoms with Gasteiger partial charge >= 0.3 is 0 Å². The first kappa shape index (κ1) is 19.4. The summed E-state index contributed by atoms with van der Waals surface area (Å²) >= 11 is 0. The molecule has 2 aromatic rings. The highest BCUT2D eigenvalue weighted by molar-refractivity contribution is 7.89. The van der Waals surface area contributed by atoms with Crippen LogP contribution in [-0.4, -0.2) is 49.1 Å². The first-order valence-electron chi connectivity index (χ1n) is 9.67. The number of benzene rings is 1. The Morgan fingerprint density at radius 3 is 2.50 bits per heavy atom. The van der Waals surface area contributed by atoms with E-state index >= 15 is 0 Å². The standard InChI is InChI=1S/C20H25FN4O2S/c21-17-4-1-3-15(11-17)12-18-5-2-6-20(24-18)16-7-9-25(10-8-16)28(26,27)19-13-22-23-14-19/h1-6,11,16,19,22-23H,7-10,12-14H2. The predicted molar refractivity (Wildman–Crippen MR) is 106 cm³/mol. The van der Waals surface area contributed by atoms with Crippen molar-refractivity contribution in [2.45, 2.75) is 30.4 Å². The molecule has 2 N–H and O–H groups in total. The molecule has 8 heteroatoms. The number of nitrogens with zero attached hydrogens (tertiary/aromatic N) is 2. The zero-order valence-corrected chi connectivity index (χ0v) is 16.5. The molecular formula is C20H25FN4O2S. The molecule has 0 bridgehead atoms. The van der Waals surface area contributed by atoms with E-state index in [0.717, 1.165) is 29.8 Å². The van der Waals surface area contributed by atoms with Gasteiger partial charge in [0.25, 0.3) is 0 Å². The molecule has 0 saturated carbocycles. The van der Waals surface area contributed by atoms with Gasteiger partial charge in [-0.2, -0.15) is 0 Å². The Hall–Kier alpha value is -1.87. The van der Waals surface area contributed by atoms with Gasteiger partial charge in [-0.3, -0.25) is 15.8 Å². The monoisotopic (exact) mass is 404 g/mol. The van der Waals surface area contributed by atoms with Crippen LogP contribution < -0.4 is 10.9 Å². The number of sulfonamides is 1. The molecule has 2 aliphatic rings. The molecule has 0 amide bonds. The third-order valence-electron chi connectivity index (χ3n) is 5.54. The maximum absolute atomic E-state index is 13.4. The van der Waals surface area contributed by atoms with Crippen molar-refractivity contribution in [3.8, 4) is 0 Å². The highest BCUT2D eigenvalue weighted by atomic mass is 32.2. The van der Waals surface area contributed by atoms with Gasteiger partial charge < -0.3 is 0 Å². The molecule has 1 aromatic carbocycles. The van der Waals surface area contributed by atoms with Crippen LogP contribution in [0.3, 0.4) is 0 Å². The van der Waals surface area contributed by atoms with Crippen LogP contribution in [-0.2, 0) is 16.4 Å². The molecule has 2 aliphatic heterocycles. The molecule has 0 atom stereocenters. The fourth-order valence-electron chi connectivity index (χ4n) is 3.95. The quantitative estimate of drug-likeness (QED) is 0.795. The molecular weight excluding hydrogens is 379 g/mol. The van der Waals surface area contributed by atoms with Crippen LogP contribution in [0.5, 0.6) is 0 Å². The van der Waals surface area contributed by atoms with E-state index in [2.05, 4.69) is 10.9 Å². The van der Waals surface area contributed by atoms with Crippen molar-refractivity contribution < 1.29 is 12.8 Å². The number of pyridine rings is 1. The van der Waals surface area contributed by atoms with Gasteiger partial charge in [0.05, 0.1) is 0 Å². The molecule has 1 aromatic heterocycles. The van der Waals surface area contributed by atoms with Crippen LogP contribution in [0.15, 0.2) is 42.5 Å². The van der Waals surface area contributed by atoms with E-state index in [0.29, 0.717) is 32.6 Å². The normalized spacial score (nSPS) is 19.9. The van der Waals surface area contributed by atoms with Gasteiger partial charge in [-0.25, -0.2) is 17.1 Å². The van der Waals surface area contributed by atoms with Gasteiger partial charge in [-0.05, 0) is 42.7 Å². The number of rotatable bonds is 5. The van der Waals surface area contributed by atoms with Crippen LogP contribution in [0.4, 0.5) is 4.39 Å². The first-order chi connectivity index (χ1) is 13.5. The number of nitrogens with one attached hydrogen (secondary N) is 2. The molecule has 28 heavy (non-hydrogen) atoms. The fraction of sp³-hybridized carbons (Fsp3) is 0.450. The summed E-state index contributed by atoms with van der Waals surface area (Å²) in [6.07, 6.45) is 2.12. The Bertz CT molecular complexity index is 923. The predicted octanol–water partition coefficient (Wildman–Crippen LogP) is 1.80. The Labute approximate surface area is 165 Å². The summed E-state index contributed by atoms with van der Waals surface area (Å²) in [6.45, 7) is 1.95. The Morgan fingerprint density at radius 1 is 1.07 bits per heavy atom. The Morgan fingerprint density at radius 2 is 1.79 bits per heavy atom. The summed E-state index contributed by atoms with van der Waals surface area (Å²) in [4.78, 5) is 4.78. The molecule has 2 saturated heterocycles. The third-order valence-corrected chi connectivity index (χ3v) is 7.80. The summed E-state index contributed by atoms with van der Waals surface area (Å²) in [6, 6.07) is 12.5. The number of hydrogen-bond acceptors (Lipinski definition) is 5. The van der Waals surface area contributed by atoms with Crippen molar-refractivity contribution in [1.29, 1.82) is 0 Å². The van der Waals surface area contributed by atoms with Gasteiger partial charge in [0.15, 0.2) is 0 Å². The van der Waals surface area contributed by atoms with Crippen molar-refractivity contribution in [3.05, 3.63) is 65.2 Å². The molecule has 2 fully saturated rings. The lowest BCUT2D eigenvalue weighted by Gasteiger charge is -2.32. The van der Waals surface area contributed by atoms with Gasteiger partial charge in [-0.15, -0.1) is 0 Å². The maximum atomic E-state index is 13.4. The molecule has 6 nitrogen and oxygen atoms in total. The van der Waals surface area contributed by atoms with Crippen molar-refractivity contribution in [1.82, 2.24) is 20.1 Å². The minimum atomic E-state index is -3.27. The number of piperidine rings is 1. The van der Waals surface area contributed by atoms with E-state index < -0.39 is 15.3 Å². The minimum Gasteiger partial charge on any atom is -0.257 e. The zero-order valence-electron chi connectivity index (χ0n) is 15.6. The van der Waals surface area contributed by atoms with Crippen LogP contribution in [0.1, 0.15) is 35.7 Å². The second-order valence-electron chi connectivity index (χ2n) is 7.46. The highest BCUT2D eigenvalue weighted by Crippen LogP contribution is 2.29. The van der Waals surface area contributed by atoms with E-state index in [1.54, 1.807) is 10.4 Å². The summed E-state index contributed by atoms with van der Waals surface area (Å²) in [5.74, 6) is 0.00800. The molecule has 0 aliphatic carbocycles. The summed E-state index contributed by atoms with van der Waals surface area (Å²) < 4.78 is 40.5. The van der Waals surface area contributed by atoms with Crippen LogP contribution in [0, 0.1) is 5.82 Å². The van der Waals surface area contributed by atoms with Crippen LogP contribution in [0.25, 0.3) is 0 Å². The van der Waals surface area contributed by atoms with Crippen molar-refractivity contribution in [2.75, 3.05) is 26.2 Å². The van der Waals surface area contributed by atoms with Crippen molar-refractivity contribution in [3.63, 3.8) is 0 Å². The SMILES string of the molecule is O=S(=O)(C1CNNC1)N1CCC(c2cccc(Cc3cccc(F)c3)n2)CC1. The van der Waals surface area contributed by atoms with Gasteiger partial charge in [0.1, 0.15) is 11.1 Å². The Kier molecular flexibility index (Phi) is 5.73. The van der Waals surface area contributed by atoms with E-state index in [1.807, 2.05) is 24.3 Å². The number of hydrazine groups is 1. The zero-order chi connectivity index (χ0) is 19.6. The largest absolute Gasteiger partial charge is 0.257 e. The number of aromatic nitrogens is 1. The average molecular weight is 405 g/mol.